The monoisotopic (exact) mass is 412 g/mol. The highest BCUT2D eigenvalue weighted by Crippen LogP contribution is 2.29. The Kier molecular flexibility index (Phi) is 5.25. The van der Waals surface area contributed by atoms with Gasteiger partial charge in [-0.25, -0.2) is 0 Å². The average molecular weight is 413 g/mol. The predicted molar refractivity (Wildman–Crippen MR) is 96.8 cm³/mol. The van der Waals surface area contributed by atoms with E-state index in [0.717, 1.165) is 5.69 Å². The van der Waals surface area contributed by atoms with Gasteiger partial charge in [-0.3, -0.25) is 9.59 Å². The molecule has 0 N–H and O–H groups in total. The van der Waals surface area contributed by atoms with Gasteiger partial charge in [0, 0.05) is 23.1 Å². The standard InChI is InChI=1S/C19H16ClF3N2O3/c1-11-6-15(12(2)25(11)9-14-4-3-5-28-14)17(26)10-24-8-13(19(21,22)23)7-16(20)18(24)27/h3-8H,9-10H2,1-2H3. The molecule has 3 aromatic rings. The van der Waals surface area contributed by atoms with E-state index in [1.807, 2.05) is 4.57 Å². The van der Waals surface area contributed by atoms with Crippen LogP contribution in [-0.4, -0.2) is 14.9 Å². The van der Waals surface area contributed by atoms with Crippen LogP contribution in [0.1, 0.15) is 33.1 Å². The number of aromatic nitrogens is 2. The summed E-state index contributed by atoms with van der Waals surface area (Å²) in [6.07, 6.45) is -2.53. The molecule has 0 aliphatic heterocycles. The van der Waals surface area contributed by atoms with Gasteiger partial charge in [0.2, 0.25) is 0 Å². The number of hydrogen-bond donors (Lipinski definition) is 0. The van der Waals surface area contributed by atoms with Crippen LogP contribution in [0.5, 0.6) is 0 Å². The molecule has 0 aromatic carbocycles. The van der Waals surface area contributed by atoms with Gasteiger partial charge < -0.3 is 13.6 Å². The molecule has 0 radical (unpaired) electrons. The fourth-order valence-electron chi connectivity index (χ4n) is 3.00. The van der Waals surface area contributed by atoms with E-state index in [4.69, 9.17) is 16.0 Å². The molecule has 0 fully saturated rings. The van der Waals surface area contributed by atoms with Gasteiger partial charge in [0.1, 0.15) is 10.8 Å². The average Bonchev–Trinajstić information content (AvgIpc) is 3.21. The fourth-order valence-corrected chi connectivity index (χ4v) is 3.22. The lowest BCUT2D eigenvalue weighted by atomic mass is 10.1. The summed E-state index contributed by atoms with van der Waals surface area (Å²) in [7, 11) is 0. The van der Waals surface area contributed by atoms with Crippen LogP contribution in [0.4, 0.5) is 13.2 Å². The van der Waals surface area contributed by atoms with Gasteiger partial charge in [-0.1, -0.05) is 11.6 Å². The van der Waals surface area contributed by atoms with E-state index >= 15 is 0 Å². The highest BCUT2D eigenvalue weighted by molar-refractivity contribution is 6.30. The molecule has 0 saturated carbocycles. The summed E-state index contributed by atoms with van der Waals surface area (Å²) in [6, 6.07) is 5.74. The first-order chi connectivity index (χ1) is 13.1. The van der Waals surface area contributed by atoms with Gasteiger partial charge in [-0.05, 0) is 38.1 Å². The third-order valence-electron chi connectivity index (χ3n) is 4.45. The van der Waals surface area contributed by atoms with E-state index in [1.54, 1.807) is 38.3 Å². The van der Waals surface area contributed by atoms with E-state index in [9.17, 15) is 22.8 Å². The van der Waals surface area contributed by atoms with Gasteiger partial charge in [0.05, 0.1) is 24.9 Å². The van der Waals surface area contributed by atoms with Crippen LogP contribution in [0.2, 0.25) is 5.02 Å². The first-order valence-corrected chi connectivity index (χ1v) is 8.65. The van der Waals surface area contributed by atoms with Gasteiger partial charge in [0.15, 0.2) is 5.78 Å². The molecule has 148 valence electrons. The lowest BCUT2D eigenvalue weighted by Gasteiger charge is -2.12. The van der Waals surface area contributed by atoms with Crippen molar-refractivity contribution in [3.05, 3.63) is 80.4 Å². The first kappa shape index (κ1) is 20.0. The molecule has 0 aliphatic carbocycles. The maximum atomic E-state index is 13.0. The molecule has 0 spiro atoms. The van der Waals surface area contributed by atoms with Crippen LogP contribution in [0.15, 0.2) is 45.9 Å². The Bertz CT molecular complexity index is 1080. The van der Waals surface area contributed by atoms with E-state index in [0.29, 0.717) is 40.4 Å². The molecule has 9 heteroatoms. The van der Waals surface area contributed by atoms with Gasteiger partial charge in [0.25, 0.3) is 5.56 Å². The Hall–Kier alpha value is -2.74. The minimum absolute atomic E-state index is 0.324. The summed E-state index contributed by atoms with van der Waals surface area (Å²) < 4.78 is 46.8. The molecule has 0 atom stereocenters. The number of rotatable bonds is 5. The minimum atomic E-state index is -4.68. The highest BCUT2D eigenvalue weighted by Gasteiger charge is 2.32. The lowest BCUT2D eigenvalue weighted by Crippen LogP contribution is -2.26. The first-order valence-electron chi connectivity index (χ1n) is 8.27. The number of furan rings is 1. The fraction of sp³-hybridized carbons (Fsp3) is 0.263. The largest absolute Gasteiger partial charge is 0.467 e. The van der Waals surface area contributed by atoms with Gasteiger partial charge in [-0.2, -0.15) is 13.2 Å². The summed E-state index contributed by atoms with van der Waals surface area (Å²) in [5, 5.41) is -0.592. The van der Waals surface area contributed by atoms with Crippen molar-refractivity contribution in [3.63, 3.8) is 0 Å². The Morgan fingerprint density at radius 2 is 1.96 bits per heavy atom. The number of hydrogen-bond acceptors (Lipinski definition) is 3. The Morgan fingerprint density at radius 1 is 1.25 bits per heavy atom. The van der Waals surface area contributed by atoms with Crippen LogP contribution in [0, 0.1) is 13.8 Å². The highest BCUT2D eigenvalue weighted by atomic mass is 35.5. The molecular formula is C19H16ClF3N2O3. The third-order valence-corrected chi connectivity index (χ3v) is 4.72. The molecule has 3 aromatic heterocycles. The Labute approximate surface area is 163 Å². The molecule has 28 heavy (non-hydrogen) atoms. The van der Waals surface area contributed by atoms with Crippen molar-refractivity contribution in [2.24, 2.45) is 0 Å². The van der Waals surface area contributed by atoms with E-state index < -0.39 is 34.6 Å². The van der Waals surface area contributed by atoms with Crippen LogP contribution in [-0.2, 0) is 19.3 Å². The number of Topliss-reactive ketones (excluding diaryl/α,β-unsaturated/α-hetero) is 1. The number of carbonyl (C=O) groups is 1. The second-order valence-electron chi connectivity index (χ2n) is 6.38. The number of halogens is 4. The van der Waals surface area contributed by atoms with Crippen LogP contribution >= 0.6 is 11.6 Å². The summed E-state index contributed by atoms with van der Waals surface area (Å²) in [5.74, 6) is 0.206. The SMILES string of the molecule is Cc1cc(C(=O)Cn2cc(C(F)(F)F)cc(Cl)c2=O)c(C)n1Cc1ccco1. The van der Waals surface area contributed by atoms with Crippen LogP contribution in [0.3, 0.4) is 0 Å². The predicted octanol–water partition coefficient (Wildman–Crippen LogP) is 4.46. The van der Waals surface area contributed by atoms with Gasteiger partial charge >= 0.3 is 6.18 Å². The van der Waals surface area contributed by atoms with Crippen molar-refractivity contribution in [2.45, 2.75) is 33.1 Å². The zero-order valence-corrected chi connectivity index (χ0v) is 15.8. The van der Waals surface area contributed by atoms with Crippen molar-refractivity contribution in [1.29, 1.82) is 0 Å². The van der Waals surface area contributed by atoms with E-state index in [2.05, 4.69) is 0 Å². The van der Waals surface area contributed by atoms with Crippen molar-refractivity contribution in [3.8, 4) is 0 Å². The van der Waals surface area contributed by atoms with Crippen LogP contribution in [0.25, 0.3) is 0 Å². The number of aryl methyl sites for hydroxylation is 1. The molecule has 0 aliphatic rings. The number of alkyl halides is 3. The Balaban J connectivity index is 1.92. The lowest BCUT2D eigenvalue weighted by molar-refractivity contribution is -0.138. The number of nitrogens with zero attached hydrogens (tertiary/aromatic N) is 2. The van der Waals surface area contributed by atoms with Crippen molar-refractivity contribution in [2.75, 3.05) is 0 Å². The molecule has 3 heterocycles. The topological polar surface area (TPSA) is 57.1 Å². The number of ketones is 1. The second-order valence-corrected chi connectivity index (χ2v) is 6.79. The molecule has 0 amide bonds. The smallest absolute Gasteiger partial charge is 0.417 e. The maximum Gasteiger partial charge on any atom is 0.417 e. The maximum absolute atomic E-state index is 13.0. The number of pyridine rings is 1. The second kappa shape index (κ2) is 7.35. The minimum Gasteiger partial charge on any atom is -0.467 e. The molecule has 3 rings (SSSR count). The normalized spacial score (nSPS) is 11.8. The van der Waals surface area contributed by atoms with Crippen molar-refractivity contribution < 1.29 is 22.4 Å². The quantitative estimate of drug-likeness (QED) is 0.581. The summed E-state index contributed by atoms with van der Waals surface area (Å²) in [4.78, 5) is 24.8. The summed E-state index contributed by atoms with van der Waals surface area (Å²) in [6.45, 7) is 3.39. The molecule has 0 unspecified atom stereocenters. The van der Waals surface area contributed by atoms with E-state index in [1.165, 1.54) is 0 Å². The molecule has 5 nitrogen and oxygen atoms in total. The Morgan fingerprint density at radius 3 is 2.57 bits per heavy atom. The van der Waals surface area contributed by atoms with E-state index in [-0.39, 0.29) is 0 Å². The molecular weight excluding hydrogens is 397 g/mol. The number of carbonyl (C=O) groups excluding carboxylic acids is 1. The third kappa shape index (κ3) is 3.91. The molecule has 0 saturated heterocycles. The zero-order valence-electron chi connectivity index (χ0n) is 15.0. The molecule has 0 bridgehead atoms. The summed E-state index contributed by atoms with van der Waals surface area (Å²) >= 11 is 5.64. The zero-order chi connectivity index (χ0) is 20.6. The van der Waals surface area contributed by atoms with Crippen LogP contribution < -0.4 is 5.56 Å². The summed E-state index contributed by atoms with van der Waals surface area (Å²) in [5.41, 5.74) is -0.207. The van der Waals surface area contributed by atoms with Crippen molar-refractivity contribution in [1.82, 2.24) is 9.13 Å². The van der Waals surface area contributed by atoms with Gasteiger partial charge in [-0.15, -0.1) is 0 Å². The van der Waals surface area contributed by atoms with Crippen molar-refractivity contribution >= 4 is 17.4 Å².